The highest BCUT2D eigenvalue weighted by atomic mass is 32.1. The lowest BCUT2D eigenvalue weighted by Gasteiger charge is -2.22. The van der Waals surface area contributed by atoms with Crippen molar-refractivity contribution in [1.82, 2.24) is 19.1 Å². The molecule has 37 heavy (non-hydrogen) atoms. The SMILES string of the molecule is Cc1cn([C@H]2C[C@H](OP(=O)(O)OC[C@H]3O[C@@H](n4cc(C)c(=S)[nH]c4=O)C[C@@H]3O)[C@@H](CO)O2)c(=O)[nH]c1=O. The maximum Gasteiger partial charge on any atom is 0.472 e. The summed E-state index contributed by atoms with van der Waals surface area (Å²) >= 11 is 5.02. The first-order chi connectivity index (χ1) is 17.4. The second kappa shape index (κ2) is 10.8. The van der Waals surface area contributed by atoms with Gasteiger partial charge >= 0.3 is 19.2 Å². The fourth-order valence-electron chi connectivity index (χ4n) is 4.15. The van der Waals surface area contributed by atoms with Gasteiger partial charge in [0.25, 0.3) is 5.56 Å². The summed E-state index contributed by atoms with van der Waals surface area (Å²) in [6.45, 7) is 2.07. The van der Waals surface area contributed by atoms with Crippen LogP contribution in [-0.4, -0.2) is 71.8 Å². The molecule has 0 spiro atoms. The Balaban J connectivity index is 1.39. The predicted molar refractivity (Wildman–Crippen MR) is 127 cm³/mol. The molecular formula is C20H27N4O11PS. The molecule has 204 valence electrons. The summed E-state index contributed by atoms with van der Waals surface area (Å²) in [5, 5.41) is 20.0. The molecule has 0 aliphatic carbocycles. The first-order valence-corrected chi connectivity index (χ1v) is 13.2. The number of hydrogen-bond acceptors (Lipinski definition) is 11. The first-order valence-electron chi connectivity index (χ1n) is 11.3. The highest BCUT2D eigenvalue weighted by molar-refractivity contribution is 7.71. The van der Waals surface area contributed by atoms with Gasteiger partial charge in [-0.3, -0.25) is 32.9 Å². The third-order valence-electron chi connectivity index (χ3n) is 6.15. The molecule has 0 saturated carbocycles. The number of aromatic amines is 2. The van der Waals surface area contributed by atoms with Crippen molar-refractivity contribution in [3.63, 3.8) is 0 Å². The lowest BCUT2D eigenvalue weighted by molar-refractivity contribution is -0.0576. The van der Waals surface area contributed by atoms with Gasteiger partial charge in [-0.1, -0.05) is 12.2 Å². The minimum atomic E-state index is -4.75. The summed E-state index contributed by atoms with van der Waals surface area (Å²) in [4.78, 5) is 50.9. The summed E-state index contributed by atoms with van der Waals surface area (Å²) in [7, 11) is -4.75. The minimum Gasteiger partial charge on any atom is -0.394 e. The number of aryl methyl sites for hydroxylation is 2. The summed E-state index contributed by atoms with van der Waals surface area (Å²) in [5.41, 5.74) is -0.984. The van der Waals surface area contributed by atoms with Gasteiger partial charge in [0.2, 0.25) is 0 Å². The van der Waals surface area contributed by atoms with Crippen LogP contribution >= 0.6 is 20.0 Å². The van der Waals surface area contributed by atoms with Gasteiger partial charge < -0.3 is 24.6 Å². The van der Waals surface area contributed by atoms with E-state index in [0.29, 0.717) is 5.56 Å². The minimum absolute atomic E-state index is 0.0205. The van der Waals surface area contributed by atoms with Crippen LogP contribution in [0.25, 0.3) is 0 Å². The molecule has 5 N–H and O–H groups in total. The third kappa shape index (κ3) is 6.08. The fourth-order valence-corrected chi connectivity index (χ4v) is 5.25. The molecule has 2 aliphatic heterocycles. The molecule has 2 saturated heterocycles. The quantitative estimate of drug-likeness (QED) is 0.204. The van der Waals surface area contributed by atoms with Gasteiger partial charge in [-0.05, 0) is 13.8 Å². The van der Waals surface area contributed by atoms with E-state index in [1.54, 1.807) is 6.92 Å². The predicted octanol–water partition coefficient (Wildman–Crippen LogP) is -0.497. The molecular weight excluding hydrogens is 535 g/mol. The van der Waals surface area contributed by atoms with Gasteiger partial charge in [0, 0.05) is 36.4 Å². The number of aliphatic hydroxyl groups excluding tert-OH is 2. The molecule has 0 radical (unpaired) electrons. The highest BCUT2D eigenvalue weighted by Crippen LogP contribution is 2.48. The zero-order valence-corrected chi connectivity index (χ0v) is 21.5. The third-order valence-corrected chi connectivity index (χ3v) is 7.58. The Labute approximate surface area is 213 Å². The van der Waals surface area contributed by atoms with Crippen LogP contribution in [0.4, 0.5) is 0 Å². The standard InChI is InChI=1S/C20H27N4O11PS/c1-9-5-23(19(28)21-17(9)27)16-4-12(13(7-25)33-16)35-36(30,31)32-8-14-11(26)3-15(34-14)24-6-10(2)18(37)22-20(24)29/h5-6,11-16,25-26H,3-4,7-8H2,1-2H3,(H,30,31)(H,21,27,28)(H,22,29,37)/t11-,12-,13+,14+,15+,16+/m0/s1. The molecule has 2 aromatic rings. The van der Waals surface area contributed by atoms with Crippen LogP contribution in [0, 0.1) is 18.5 Å². The smallest absolute Gasteiger partial charge is 0.394 e. The van der Waals surface area contributed by atoms with Crippen molar-refractivity contribution in [1.29, 1.82) is 0 Å². The number of ether oxygens (including phenoxy) is 2. The fraction of sp³-hybridized carbons (Fsp3) is 0.600. The van der Waals surface area contributed by atoms with E-state index in [0.717, 1.165) is 4.57 Å². The van der Waals surface area contributed by atoms with E-state index in [-0.39, 0.29) is 23.0 Å². The van der Waals surface area contributed by atoms with Crippen LogP contribution in [0.3, 0.4) is 0 Å². The molecule has 2 aliphatic rings. The number of hydrogen-bond donors (Lipinski definition) is 5. The van der Waals surface area contributed by atoms with Crippen molar-refractivity contribution < 1.29 is 38.2 Å². The van der Waals surface area contributed by atoms with Crippen molar-refractivity contribution in [3.8, 4) is 0 Å². The van der Waals surface area contributed by atoms with Crippen molar-refractivity contribution in [2.24, 2.45) is 0 Å². The lowest BCUT2D eigenvalue weighted by Crippen LogP contribution is -2.33. The molecule has 17 heteroatoms. The number of nitrogens with zero attached hydrogens (tertiary/aromatic N) is 2. The number of rotatable bonds is 8. The van der Waals surface area contributed by atoms with Gasteiger partial charge in [-0.2, -0.15) is 0 Å². The maximum atomic E-state index is 12.6. The van der Waals surface area contributed by atoms with Crippen LogP contribution in [0.2, 0.25) is 0 Å². The van der Waals surface area contributed by atoms with Crippen molar-refractivity contribution >= 4 is 20.0 Å². The van der Waals surface area contributed by atoms with E-state index >= 15 is 0 Å². The van der Waals surface area contributed by atoms with E-state index in [4.69, 9.17) is 30.7 Å². The normalized spacial score (nSPS) is 29.4. The van der Waals surface area contributed by atoms with Gasteiger partial charge in [0.1, 0.15) is 35.4 Å². The van der Waals surface area contributed by atoms with Crippen LogP contribution in [-0.2, 0) is 23.1 Å². The molecule has 2 fully saturated rings. The molecule has 1 unspecified atom stereocenters. The number of H-pyrrole nitrogens is 2. The van der Waals surface area contributed by atoms with E-state index in [1.807, 2.05) is 0 Å². The number of nitrogens with one attached hydrogen (secondary N) is 2. The zero-order chi connectivity index (χ0) is 27.1. The largest absolute Gasteiger partial charge is 0.472 e. The van der Waals surface area contributed by atoms with E-state index < -0.39 is 74.8 Å². The Morgan fingerprint density at radius 3 is 2.32 bits per heavy atom. The van der Waals surface area contributed by atoms with Gasteiger partial charge in [0.15, 0.2) is 0 Å². The molecule has 15 nitrogen and oxygen atoms in total. The van der Waals surface area contributed by atoms with E-state index in [9.17, 15) is 34.1 Å². The monoisotopic (exact) mass is 562 g/mol. The number of aliphatic hydroxyl groups is 2. The molecule has 0 amide bonds. The van der Waals surface area contributed by atoms with E-state index in [1.165, 1.54) is 23.9 Å². The zero-order valence-electron chi connectivity index (χ0n) is 19.8. The maximum absolute atomic E-state index is 12.6. The van der Waals surface area contributed by atoms with Gasteiger partial charge in [0.05, 0.1) is 19.3 Å². The van der Waals surface area contributed by atoms with Crippen molar-refractivity contribution in [3.05, 3.63) is 59.5 Å². The Bertz CT molecular complexity index is 1430. The van der Waals surface area contributed by atoms with E-state index in [2.05, 4.69) is 9.97 Å². The summed E-state index contributed by atoms with van der Waals surface area (Å²) in [5.74, 6) is 0. The van der Waals surface area contributed by atoms with Crippen LogP contribution in [0.5, 0.6) is 0 Å². The first kappa shape index (κ1) is 27.8. The lowest BCUT2D eigenvalue weighted by atomic mass is 10.2. The van der Waals surface area contributed by atoms with Crippen LogP contribution in [0.1, 0.15) is 36.4 Å². The second-order valence-electron chi connectivity index (χ2n) is 8.85. The summed E-state index contributed by atoms with van der Waals surface area (Å²) in [6.07, 6.45) is -3.52. The Hall–Kier alpha value is -2.27. The Morgan fingerprint density at radius 1 is 1.05 bits per heavy atom. The average molecular weight is 562 g/mol. The van der Waals surface area contributed by atoms with Gasteiger partial charge in [-0.15, -0.1) is 0 Å². The number of aromatic nitrogens is 4. The average Bonchev–Trinajstić information content (AvgIpc) is 3.39. The van der Waals surface area contributed by atoms with Gasteiger partial charge in [-0.25, -0.2) is 14.2 Å². The van der Waals surface area contributed by atoms with Crippen LogP contribution in [0.15, 0.2) is 26.8 Å². The Morgan fingerprint density at radius 2 is 1.65 bits per heavy atom. The molecule has 2 aromatic heterocycles. The number of phosphoric acid groups is 1. The van der Waals surface area contributed by atoms with Crippen molar-refractivity contribution in [2.45, 2.75) is 63.6 Å². The van der Waals surface area contributed by atoms with Crippen molar-refractivity contribution in [2.75, 3.05) is 13.2 Å². The van der Waals surface area contributed by atoms with Crippen LogP contribution < -0.4 is 16.9 Å². The second-order valence-corrected chi connectivity index (χ2v) is 10.7. The molecule has 4 rings (SSSR count). The number of phosphoric ester groups is 1. The summed E-state index contributed by atoms with van der Waals surface area (Å²) < 4.78 is 36.7. The topological polar surface area (TPSA) is 207 Å². The molecule has 0 bridgehead atoms. The molecule has 0 aromatic carbocycles. The Kier molecular flexibility index (Phi) is 8.13. The molecule has 4 heterocycles. The highest BCUT2D eigenvalue weighted by Gasteiger charge is 2.43. The summed E-state index contributed by atoms with van der Waals surface area (Å²) in [6, 6.07) is 0. The molecule has 7 atom stereocenters.